The van der Waals surface area contributed by atoms with Crippen LogP contribution in [0.5, 0.6) is 0 Å². The number of para-hydroxylation sites is 1. The molecule has 33 heavy (non-hydrogen) atoms. The molecule has 0 aliphatic carbocycles. The second kappa shape index (κ2) is 11.0. The number of hydrogen-bond donors (Lipinski definition) is 2. The molecule has 2 aromatic rings. The van der Waals surface area contributed by atoms with E-state index in [4.69, 9.17) is 11.6 Å². The lowest BCUT2D eigenvalue weighted by atomic mass is 10.1. The van der Waals surface area contributed by atoms with Crippen molar-refractivity contribution in [1.82, 2.24) is 15.1 Å². The second-order valence-corrected chi connectivity index (χ2v) is 8.30. The van der Waals surface area contributed by atoms with Gasteiger partial charge in [-0.1, -0.05) is 41.9 Å². The Morgan fingerprint density at radius 2 is 1.67 bits per heavy atom. The third kappa shape index (κ3) is 6.93. The number of rotatable bonds is 7. The van der Waals surface area contributed by atoms with Crippen LogP contribution in [0.3, 0.4) is 0 Å². The molecule has 1 fully saturated rings. The number of nitrogens with one attached hydrogen (secondary N) is 2. The first kappa shape index (κ1) is 25.0. The highest BCUT2D eigenvalue weighted by Crippen LogP contribution is 2.34. The van der Waals surface area contributed by atoms with Crippen LogP contribution in [0.4, 0.5) is 18.9 Å². The summed E-state index contributed by atoms with van der Waals surface area (Å²) in [7, 11) is 0. The van der Waals surface area contributed by atoms with Crippen LogP contribution in [-0.4, -0.2) is 60.4 Å². The maximum absolute atomic E-state index is 13.1. The van der Waals surface area contributed by atoms with E-state index < -0.39 is 17.6 Å². The lowest BCUT2D eigenvalue weighted by Crippen LogP contribution is -2.54. The second-order valence-electron chi connectivity index (χ2n) is 7.89. The van der Waals surface area contributed by atoms with Gasteiger partial charge in [-0.05, 0) is 30.7 Å². The quantitative estimate of drug-likeness (QED) is 0.632. The van der Waals surface area contributed by atoms with Gasteiger partial charge in [0.15, 0.2) is 0 Å². The number of piperazine rings is 1. The van der Waals surface area contributed by atoms with E-state index in [1.54, 1.807) is 6.07 Å². The fourth-order valence-corrected chi connectivity index (χ4v) is 3.88. The zero-order chi connectivity index (χ0) is 24.0. The fraction of sp³-hybridized carbons (Fsp3) is 0.391. The van der Waals surface area contributed by atoms with Crippen molar-refractivity contribution < 1.29 is 22.8 Å². The highest BCUT2D eigenvalue weighted by atomic mass is 35.5. The largest absolute Gasteiger partial charge is 0.418 e. The van der Waals surface area contributed by atoms with Gasteiger partial charge in [-0.2, -0.15) is 13.2 Å². The van der Waals surface area contributed by atoms with E-state index in [-0.39, 0.29) is 24.2 Å². The monoisotopic (exact) mass is 482 g/mol. The van der Waals surface area contributed by atoms with E-state index in [9.17, 15) is 22.8 Å². The van der Waals surface area contributed by atoms with E-state index in [1.807, 2.05) is 34.9 Å². The SMILES string of the molecule is CC(C(=O)NCc1ccccc1Cl)N1CCN(CC(=O)Nc2ccccc2C(F)(F)F)CC1. The van der Waals surface area contributed by atoms with Gasteiger partial charge in [0.05, 0.1) is 23.8 Å². The molecular formula is C23H26ClF3N4O2. The lowest BCUT2D eigenvalue weighted by Gasteiger charge is -2.37. The van der Waals surface area contributed by atoms with Gasteiger partial charge >= 0.3 is 6.18 Å². The van der Waals surface area contributed by atoms with Gasteiger partial charge < -0.3 is 10.6 Å². The van der Waals surface area contributed by atoms with E-state index in [2.05, 4.69) is 10.6 Å². The van der Waals surface area contributed by atoms with Crippen molar-refractivity contribution in [3.8, 4) is 0 Å². The minimum atomic E-state index is -4.54. The van der Waals surface area contributed by atoms with Crippen LogP contribution < -0.4 is 10.6 Å². The van der Waals surface area contributed by atoms with Gasteiger partial charge in [0, 0.05) is 37.7 Å². The molecule has 0 aromatic heterocycles. The molecule has 1 heterocycles. The number of alkyl halides is 3. The zero-order valence-electron chi connectivity index (χ0n) is 18.2. The van der Waals surface area contributed by atoms with E-state index in [0.29, 0.717) is 37.7 Å². The maximum Gasteiger partial charge on any atom is 0.418 e. The summed E-state index contributed by atoms with van der Waals surface area (Å²) in [6.45, 7) is 4.31. The number of amides is 2. The van der Waals surface area contributed by atoms with Crippen LogP contribution in [0.1, 0.15) is 18.1 Å². The van der Waals surface area contributed by atoms with Crippen LogP contribution in [0.15, 0.2) is 48.5 Å². The van der Waals surface area contributed by atoms with Gasteiger partial charge in [0.2, 0.25) is 11.8 Å². The molecule has 2 amide bonds. The van der Waals surface area contributed by atoms with Crippen molar-refractivity contribution in [2.75, 3.05) is 38.0 Å². The molecule has 2 N–H and O–H groups in total. The summed E-state index contributed by atoms with van der Waals surface area (Å²) < 4.78 is 39.3. The smallest absolute Gasteiger partial charge is 0.351 e. The summed E-state index contributed by atoms with van der Waals surface area (Å²) in [6.07, 6.45) is -4.54. The zero-order valence-corrected chi connectivity index (χ0v) is 18.9. The van der Waals surface area contributed by atoms with Crippen LogP contribution in [-0.2, 0) is 22.3 Å². The first-order valence-electron chi connectivity index (χ1n) is 10.6. The molecule has 0 spiro atoms. The molecule has 1 aliphatic heterocycles. The fourth-order valence-electron chi connectivity index (χ4n) is 3.68. The van der Waals surface area contributed by atoms with Crippen molar-refractivity contribution in [3.05, 3.63) is 64.7 Å². The Morgan fingerprint density at radius 3 is 2.33 bits per heavy atom. The minimum absolute atomic E-state index is 0.0207. The molecule has 6 nitrogen and oxygen atoms in total. The van der Waals surface area contributed by atoms with Gasteiger partial charge in [0.1, 0.15) is 0 Å². The summed E-state index contributed by atoms with van der Waals surface area (Å²) in [5.41, 5.74) is -0.292. The molecule has 10 heteroatoms. The Kier molecular flexibility index (Phi) is 8.34. The Hall–Kier alpha value is -2.62. The van der Waals surface area contributed by atoms with E-state index in [0.717, 1.165) is 11.6 Å². The summed E-state index contributed by atoms with van der Waals surface area (Å²) in [4.78, 5) is 28.7. The minimum Gasteiger partial charge on any atom is -0.351 e. The molecule has 0 bridgehead atoms. The van der Waals surface area contributed by atoms with E-state index >= 15 is 0 Å². The van der Waals surface area contributed by atoms with Crippen LogP contribution in [0.25, 0.3) is 0 Å². The highest BCUT2D eigenvalue weighted by Gasteiger charge is 2.34. The van der Waals surface area contributed by atoms with Crippen molar-refractivity contribution in [3.63, 3.8) is 0 Å². The molecule has 3 rings (SSSR count). The highest BCUT2D eigenvalue weighted by molar-refractivity contribution is 6.31. The lowest BCUT2D eigenvalue weighted by molar-refractivity contribution is -0.137. The third-order valence-electron chi connectivity index (χ3n) is 5.62. The topological polar surface area (TPSA) is 64.7 Å². The molecule has 1 unspecified atom stereocenters. The molecular weight excluding hydrogens is 457 g/mol. The standard InChI is InChI=1S/C23H26ClF3N4O2/c1-16(22(33)28-14-17-6-2-4-8-19(17)24)31-12-10-30(11-13-31)15-21(32)29-20-9-5-3-7-18(20)23(25,26)27/h2-9,16H,10-15H2,1H3,(H,28,33)(H,29,32). The van der Waals surface area contributed by atoms with Crippen molar-refractivity contribution in [2.24, 2.45) is 0 Å². The number of carbonyl (C=O) groups is 2. The summed E-state index contributed by atoms with van der Waals surface area (Å²) in [5.74, 6) is -0.629. The number of anilines is 1. The summed E-state index contributed by atoms with van der Waals surface area (Å²) in [6, 6.07) is 11.8. The van der Waals surface area contributed by atoms with Gasteiger partial charge in [0.25, 0.3) is 0 Å². The van der Waals surface area contributed by atoms with Gasteiger partial charge in [-0.3, -0.25) is 19.4 Å². The number of nitrogens with zero attached hydrogens (tertiary/aromatic N) is 2. The van der Waals surface area contributed by atoms with Crippen molar-refractivity contribution >= 4 is 29.1 Å². The molecule has 1 aliphatic rings. The van der Waals surface area contributed by atoms with E-state index in [1.165, 1.54) is 18.2 Å². The Balaban J connectivity index is 1.45. The van der Waals surface area contributed by atoms with Crippen LogP contribution in [0.2, 0.25) is 5.02 Å². The third-order valence-corrected chi connectivity index (χ3v) is 5.99. The first-order chi connectivity index (χ1) is 15.6. The van der Waals surface area contributed by atoms with Crippen molar-refractivity contribution in [1.29, 1.82) is 0 Å². The molecule has 0 saturated carbocycles. The predicted molar refractivity (Wildman–Crippen MR) is 121 cm³/mol. The van der Waals surface area contributed by atoms with Gasteiger partial charge in [-0.15, -0.1) is 0 Å². The average Bonchev–Trinajstić information content (AvgIpc) is 2.78. The number of benzene rings is 2. The number of halogens is 4. The molecule has 1 atom stereocenters. The number of carbonyl (C=O) groups excluding carboxylic acids is 2. The Morgan fingerprint density at radius 1 is 1.03 bits per heavy atom. The van der Waals surface area contributed by atoms with Gasteiger partial charge in [-0.25, -0.2) is 0 Å². The Bertz CT molecular complexity index is 978. The molecule has 178 valence electrons. The van der Waals surface area contributed by atoms with Crippen LogP contribution in [0, 0.1) is 0 Å². The predicted octanol–water partition coefficient (Wildman–Crippen LogP) is 3.62. The molecule has 1 saturated heterocycles. The Labute approximate surface area is 195 Å². The summed E-state index contributed by atoms with van der Waals surface area (Å²) in [5, 5.41) is 5.85. The molecule has 0 radical (unpaired) electrons. The maximum atomic E-state index is 13.1. The normalized spacial score (nSPS) is 16.3. The van der Waals surface area contributed by atoms with Crippen LogP contribution >= 0.6 is 11.6 Å². The van der Waals surface area contributed by atoms with Crippen molar-refractivity contribution in [2.45, 2.75) is 25.7 Å². The first-order valence-corrected chi connectivity index (χ1v) is 11.0. The summed E-state index contributed by atoms with van der Waals surface area (Å²) >= 11 is 6.12. The average molecular weight is 483 g/mol. The number of hydrogen-bond acceptors (Lipinski definition) is 4. The molecule has 2 aromatic carbocycles.